The van der Waals surface area contributed by atoms with E-state index < -0.39 is 0 Å². The summed E-state index contributed by atoms with van der Waals surface area (Å²) in [4.78, 5) is 13.5. The summed E-state index contributed by atoms with van der Waals surface area (Å²) in [6.07, 6.45) is 1.72. The molecule has 0 aliphatic rings. The van der Waals surface area contributed by atoms with Gasteiger partial charge in [-0.2, -0.15) is 20.1 Å². The number of halogens is 1. The molecule has 2 N–H and O–H groups in total. The first-order valence-electron chi connectivity index (χ1n) is 9.77. The number of anilines is 3. The van der Waals surface area contributed by atoms with Crippen molar-refractivity contribution in [1.29, 1.82) is 0 Å². The van der Waals surface area contributed by atoms with Crippen LogP contribution >= 0.6 is 11.6 Å². The highest BCUT2D eigenvalue weighted by atomic mass is 35.5. The smallest absolute Gasteiger partial charge is 0.248 e. The van der Waals surface area contributed by atoms with Crippen LogP contribution in [0.15, 0.2) is 77.9 Å². The molecule has 0 radical (unpaired) electrons. The Morgan fingerprint density at radius 3 is 2.03 bits per heavy atom. The Hall–Kier alpha value is -3.77. The first-order chi connectivity index (χ1) is 15.0. The Morgan fingerprint density at radius 2 is 1.35 bits per heavy atom. The number of aryl methyl sites for hydroxylation is 2. The summed E-state index contributed by atoms with van der Waals surface area (Å²) < 4.78 is 0. The highest BCUT2D eigenvalue weighted by Gasteiger charge is 2.09. The van der Waals surface area contributed by atoms with Gasteiger partial charge in [0.05, 0.1) is 6.21 Å². The first-order valence-corrected chi connectivity index (χ1v) is 10.1. The topological polar surface area (TPSA) is 75.1 Å². The van der Waals surface area contributed by atoms with Crippen molar-refractivity contribution in [3.05, 3.63) is 94.5 Å². The van der Waals surface area contributed by atoms with E-state index in [-0.39, 0.29) is 0 Å². The molecule has 0 aliphatic heterocycles. The largest absolute Gasteiger partial charge is 0.324 e. The van der Waals surface area contributed by atoms with Gasteiger partial charge in [-0.15, -0.1) is 0 Å². The number of hydrogen-bond acceptors (Lipinski definition) is 6. The third kappa shape index (κ3) is 5.65. The van der Waals surface area contributed by atoms with Crippen LogP contribution in [0.2, 0.25) is 5.02 Å². The number of benzene rings is 3. The first kappa shape index (κ1) is 20.5. The Morgan fingerprint density at radius 1 is 0.742 bits per heavy atom. The van der Waals surface area contributed by atoms with Crippen LogP contribution in [0.5, 0.6) is 0 Å². The lowest BCUT2D eigenvalue weighted by Gasteiger charge is -2.09. The third-order valence-corrected chi connectivity index (χ3v) is 4.75. The molecule has 4 aromatic rings. The maximum Gasteiger partial charge on any atom is 0.248 e. The molecule has 1 aromatic heterocycles. The van der Waals surface area contributed by atoms with Crippen molar-refractivity contribution in [2.24, 2.45) is 5.10 Å². The predicted octanol–water partition coefficient (Wildman–Crippen LogP) is 6.00. The number of nitrogens with one attached hydrogen (secondary N) is 2. The molecule has 0 saturated carbocycles. The molecule has 154 valence electrons. The molecule has 1 heterocycles. The van der Waals surface area contributed by atoms with Crippen LogP contribution in [0.1, 0.15) is 16.7 Å². The predicted molar refractivity (Wildman–Crippen MR) is 127 cm³/mol. The summed E-state index contributed by atoms with van der Waals surface area (Å²) in [5.74, 6) is 1.28. The van der Waals surface area contributed by atoms with E-state index in [1.165, 1.54) is 11.1 Å². The van der Waals surface area contributed by atoms with E-state index in [2.05, 4.69) is 30.8 Å². The molecule has 0 saturated heterocycles. The van der Waals surface area contributed by atoms with Gasteiger partial charge in [0.15, 0.2) is 5.82 Å². The van der Waals surface area contributed by atoms with Crippen LogP contribution in [-0.2, 0) is 0 Å². The van der Waals surface area contributed by atoms with Gasteiger partial charge in [0, 0.05) is 16.3 Å². The molecule has 31 heavy (non-hydrogen) atoms. The number of rotatable bonds is 6. The molecule has 4 rings (SSSR count). The molecule has 7 heteroatoms. The van der Waals surface area contributed by atoms with Gasteiger partial charge >= 0.3 is 0 Å². The summed E-state index contributed by atoms with van der Waals surface area (Å²) >= 11 is 5.98. The van der Waals surface area contributed by atoms with Crippen LogP contribution in [0.3, 0.4) is 0 Å². The highest BCUT2D eigenvalue weighted by Crippen LogP contribution is 2.21. The van der Waals surface area contributed by atoms with E-state index >= 15 is 0 Å². The molecule has 0 bridgehead atoms. The minimum Gasteiger partial charge on any atom is -0.324 e. The normalized spacial score (nSPS) is 10.9. The van der Waals surface area contributed by atoms with Gasteiger partial charge in [-0.05, 0) is 43.7 Å². The summed E-state index contributed by atoms with van der Waals surface area (Å²) in [6.45, 7) is 4.09. The number of aromatic nitrogens is 3. The van der Waals surface area contributed by atoms with Crippen molar-refractivity contribution in [2.75, 3.05) is 10.7 Å². The summed E-state index contributed by atoms with van der Waals surface area (Å²) in [6, 6.07) is 23.4. The fourth-order valence-electron chi connectivity index (χ4n) is 2.79. The molecule has 0 atom stereocenters. The second-order valence-electron chi connectivity index (χ2n) is 7.08. The number of hydrogen-bond donors (Lipinski definition) is 2. The second kappa shape index (κ2) is 9.36. The van der Waals surface area contributed by atoms with Gasteiger partial charge in [-0.3, -0.25) is 0 Å². The van der Waals surface area contributed by atoms with Crippen molar-refractivity contribution < 1.29 is 0 Å². The van der Waals surface area contributed by atoms with Gasteiger partial charge in [-0.1, -0.05) is 71.3 Å². The van der Waals surface area contributed by atoms with E-state index in [1.807, 2.05) is 74.5 Å². The SMILES string of the molecule is Cc1ccc(C=NNc2nc(Nc3ccc(Cl)cc3)nc(-c3ccc(C)cc3)n2)cc1. The van der Waals surface area contributed by atoms with E-state index in [0.717, 1.165) is 16.8 Å². The quantitative estimate of drug-likeness (QED) is 0.291. The molecule has 0 fully saturated rings. The standard InChI is InChI=1S/C24H21ClN6/c1-16-3-7-18(8-4-16)15-26-31-24-29-22(19-9-5-17(2)6-10-19)28-23(30-24)27-21-13-11-20(25)12-14-21/h3-15H,1-2H3,(H2,27,28,29,30,31). The molecule has 3 aromatic carbocycles. The molecular formula is C24H21ClN6. The van der Waals surface area contributed by atoms with E-state index in [9.17, 15) is 0 Å². The average molecular weight is 429 g/mol. The number of nitrogens with zero attached hydrogens (tertiary/aromatic N) is 4. The lowest BCUT2D eigenvalue weighted by Crippen LogP contribution is -2.05. The van der Waals surface area contributed by atoms with Crippen molar-refractivity contribution in [3.63, 3.8) is 0 Å². The van der Waals surface area contributed by atoms with Crippen molar-refractivity contribution in [1.82, 2.24) is 15.0 Å². The zero-order valence-corrected chi connectivity index (χ0v) is 17.9. The summed E-state index contributed by atoms with van der Waals surface area (Å²) in [7, 11) is 0. The Labute approximate surface area is 186 Å². The highest BCUT2D eigenvalue weighted by molar-refractivity contribution is 6.30. The zero-order chi connectivity index (χ0) is 21.6. The summed E-state index contributed by atoms with van der Waals surface area (Å²) in [5.41, 5.74) is 7.96. The lowest BCUT2D eigenvalue weighted by molar-refractivity contribution is 1.04. The maximum absolute atomic E-state index is 5.98. The maximum atomic E-state index is 5.98. The minimum atomic E-state index is 0.338. The van der Waals surface area contributed by atoms with Crippen molar-refractivity contribution in [2.45, 2.75) is 13.8 Å². The van der Waals surface area contributed by atoms with E-state index in [1.54, 1.807) is 18.3 Å². The fraction of sp³-hybridized carbons (Fsp3) is 0.0833. The Bertz CT molecular complexity index is 1190. The van der Waals surface area contributed by atoms with Crippen molar-refractivity contribution in [3.8, 4) is 11.4 Å². The second-order valence-corrected chi connectivity index (χ2v) is 7.52. The molecule has 0 spiro atoms. The average Bonchev–Trinajstić information content (AvgIpc) is 2.77. The molecule has 0 amide bonds. The van der Waals surface area contributed by atoms with Gasteiger partial charge in [0.25, 0.3) is 0 Å². The molecule has 0 aliphatic carbocycles. The number of hydrazone groups is 1. The third-order valence-electron chi connectivity index (χ3n) is 4.50. The van der Waals surface area contributed by atoms with Crippen LogP contribution in [-0.4, -0.2) is 21.2 Å². The fourth-order valence-corrected chi connectivity index (χ4v) is 2.92. The van der Waals surface area contributed by atoms with Crippen LogP contribution in [0.25, 0.3) is 11.4 Å². The monoisotopic (exact) mass is 428 g/mol. The minimum absolute atomic E-state index is 0.338. The zero-order valence-electron chi connectivity index (χ0n) is 17.2. The summed E-state index contributed by atoms with van der Waals surface area (Å²) in [5, 5.41) is 8.13. The van der Waals surface area contributed by atoms with Gasteiger partial charge in [0.1, 0.15) is 0 Å². The van der Waals surface area contributed by atoms with E-state index in [4.69, 9.17) is 11.6 Å². The van der Waals surface area contributed by atoms with Gasteiger partial charge < -0.3 is 5.32 Å². The van der Waals surface area contributed by atoms with Crippen molar-refractivity contribution >= 4 is 35.4 Å². The molecule has 0 unspecified atom stereocenters. The van der Waals surface area contributed by atoms with Gasteiger partial charge in [-0.25, -0.2) is 5.43 Å². The van der Waals surface area contributed by atoms with Crippen LogP contribution < -0.4 is 10.7 Å². The Balaban J connectivity index is 1.62. The van der Waals surface area contributed by atoms with Crippen LogP contribution in [0.4, 0.5) is 17.6 Å². The van der Waals surface area contributed by atoms with Crippen LogP contribution in [0, 0.1) is 13.8 Å². The van der Waals surface area contributed by atoms with E-state index in [0.29, 0.717) is 22.7 Å². The Kier molecular flexibility index (Phi) is 6.19. The lowest BCUT2D eigenvalue weighted by atomic mass is 10.1. The molecular weight excluding hydrogens is 408 g/mol. The van der Waals surface area contributed by atoms with Gasteiger partial charge in [0.2, 0.25) is 11.9 Å². The molecule has 6 nitrogen and oxygen atoms in total.